The molecule has 27 heavy (non-hydrogen) atoms. The van der Waals surface area contributed by atoms with Crippen molar-refractivity contribution in [1.29, 1.82) is 0 Å². The zero-order valence-corrected chi connectivity index (χ0v) is 16.7. The molecule has 0 aliphatic rings. The van der Waals surface area contributed by atoms with Crippen molar-refractivity contribution in [1.82, 2.24) is 14.7 Å². The van der Waals surface area contributed by atoms with Crippen LogP contribution in [-0.4, -0.2) is 46.9 Å². The number of anilines is 1. The number of hydrogen-bond donors (Lipinski definition) is 1. The van der Waals surface area contributed by atoms with Gasteiger partial charge < -0.3 is 15.0 Å². The summed E-state index contributed by atoms with van der Waals surface area (Å²) in [4.78, 5) is 25.9. The number of urea groups is 1. The van der Waals surface area contributed by atoms with Gasteiger partial charge in [0, 0.05) is 31.5 Å². The molecule has 2 amide bonds. The second kappa shape index (κ2) is 9.21. The standard InChI is InChI=1S/C20H28N4O3/c1-6-24-15(4)18(14(3)22-24)11-12-23(5)20(26)21-17-10-8-9-16(13-17)19(25)27-7-2/h8-10,13H,6-7,11-12H2,1-5H3,(H,21,26). The number of ether oxygens (including phenoxy) is 1. The molecule has 0 saturated heterocycles. The third kappa shape index (κ3) is 5.09. The molecule has 2 rings (SSSR count). The first-order chi connectivity index (χ1) is 12.9. The average molecular weight is 372 g/mol. The lowest BCUT2D eigenvalue weighted by atomic mass is 10.1. The van der Waals surface area contributed by atoms with Gasteiger partial charge in [-0.3, -0.25) is 4.68 Å². The van der Waals surface area contributed by atoms with Gasteiger partial charge in [0.15, 0.2) is 0 Å². The molecule has 146 valence electrons. The molecule has 1 aromatic heterocycles. The number of aromatic nitrogens is 2. The number of hydrogen-bond acceptors (Lipinski definition) is 4. The SMILES string of the molecule is CCOC(=O)c1cccc(NC(=O)N(C)CCc2c(C)nn(CC)c2C)c1. The van der Waals surface area contributed by atoms with Crippen molar-refractivity contribution >= 4 is 17.7 Å². The van der Waals surface area contributed by atoms with Gasteiger partial charge in [-0.25, -0.2) is 9.59 Å². The zero-order chi connectivity index (χ0) is 20.0. The molecule has 0 aliphatic carbocycles. The summed E-state index contributed by atoms with van der Waals surface area (Å²) in [5.74, 6) is -0.402. The molecule has 7 heteroatoms. The fourth-order valence-electron chi connectivity index (χ4n) is 2.94. The van der Waals surface area contributed by atoms with Crippen LogP contribution in [0.1, 0.15) is 41.2 Å². The van der Waals surface area contributed by atoms with Crippen LogP contribution in [-0.2, 0) is 17.7 Å². The van der Waals surface area contributed by atoms with Crippen molar-refractivity contribution in [3.8, 4) is 0 Å². The fourth-order valence-corrected chi connectivity index (χ4v) is 2.94. The molecule has 1 N–H and O–H groups in total. The van der Waals surface area contributed by atoms with E-state index in [-0.39, 0.29) is 6.03 Å². The molecule has 0 aliphatic heterocycles. The first-order valence-corrected chi connectivity index (χ1v) is 9.19. The van der Waals surface area contributed by atoms with E-state index in [9.17, 15) is 9.59 Å². The van der Waals surface area contributed by atoms with E-state index in [1.165, 1.54) is 5.56 Å². The average Bonchev–Trinajstić information content (AvgIpc) is 2.93. The van der Waals surface area contributed by atoms with Gasteiger partial charge in [0.05, 0.1) is 17.9 Å². The fraction of sp³-hybridized carbons (Fsp3) is 0.450. The van der Waals surface area contributed by atoms with Crippen LogP contribution in [0.5, 0.6) is 0 Å². The number of rotatable bonds is 7. The molecule has 2 aromatic rings. The first-order valence-electron chi connectivity index (χ1n) is 9.19. The number of carbonyl (C=O) groups is 2. The Balaban J connectivity index is 1.97. The number of benzene rings is 1. The lowest BCUT2D eigenvalue weighted by Crippen LogP contribution is -2.33. The summed E-state index contributed by atoms with van der Waals surface area (Å²) in [6.07, 6.45) is 0.741. The lowest BCUT2D eigenvalue weighted by Gasteiger charge is -2.18. The van der Waals surface area contributed by atoms with Crippen molar-refractivity contribution in [3.63, 3.8) is 0 Å². The maximum atomic E-state index is 12.4. The summed E-state index contributed by atoms with van der Waals surface area (Å²) in [6.45, 7) is 9.58. The monoisotopic (exact) mass is 372 g/mol. The Labute approximate surface area is 160 Å². The summed E-state index contributed by atoms with van der Waals surface area (Å²) >= 11 is 0. The smallest absolute Gasteiger partial charge is 0.338 e. The molecule has 0 radical (unpaired) electrons. The van der Waals surface area contributed by atoms with Gasteiger partial charge in [0.25, 0.3) is 0 Å². The Morgan fingerprint density at radius 1 is 1.26 bits per heavy atom. The topological polar surface area (TPSA) is 76.5 Å². The predicted octanol–water partition coefficient (Wildman–Crippen LogP) is 3.40. The second-order valence-corrected chi connectivity index (χ2v) is 6.37. The lowest BCUT2D eigenvalue weighted by molar-refractivity contribution is 0.0526. The van der Waals surface area contributed by atoms with E-state index in [0.717, 1.165) is 24.4 Å². The minimum atomic E-state index is -0.402. The van der Waals surface area contributed by atoms with Crippen molar-refractivity contribution < 1.29 is 14.3 Å². The van der Waals surface area contributed by atoms with E-state index in [1.807, 2.05) is 11.6 Å². The highest BCUT2D eigenvalue weighted by Gasteiger charge is 2.15. The third-order valence-corrected chi connectivity index (χ3v) is 4.50. The Bertz CT molecular complexity index is 814. The van der Waals surface area contributed by atoms with E-state index in [4.69, 9.17) is 4.74 Å². The first kappa shape index (κ1) is 20.5. The van der Waals surface area contributed by atoms with Gasteiger partial charge >= 0.3 is 12.0 Å². The van der Waals surface area contributed by atoms with Crippen LogP contribution in [0.3, 0.4) is 0 Å². The molecule has 1 heterocycles. The van der Waals surface area contributed by atoms with Gasteiger partial charge in [0.1, 0.15) is 0 Å². The molecule has 0 spiro atoms. The molecule has 0 atom stereocenters. The summed E-state index contributed by atoms with van der Waals surface area (Å²) in [5.41, 5.74) is 4.30. The van der Waals surface area contributed by atoms with E-state index in [2.05, 4.69) is 24.3 Å². The number of nitrogens with zero attached hydrogens (tertiary/aromatic N) is 3. The minimum Gasteiger partial charge on any atom is -0.462 e. The maximum Gasteiger partial charge on any atom is 0.338 e. The molecule has 7 nitrogen and oxygen atoms in total. The van der Waals surface area contributed by atoms with Crippen molar-refractivity contribution in [2.75, 3.05) is 25.5 Å². The largest absolute Gasteiger partial charge is 0.462 e. The van der Waals surface area contributed by atoms with Gasteiger partial charge in [-0.15, -0.1) is 0 Å². The molecular weight excluding hydrogens is 344 g/mol. The molecular formula is C20H28N4O3. The molecule has 0 unspecified atom stereocenters. The van der Waals surface area contributed by atoms with E-state index >= 15 is 0 Å². The Kier molecular flexibility index (Phi) is 6.98. The molecule has 0 fully saturated rings. The molecule has 0 saturated carbocycles. The Hall–Kier alpha value is -2.83. The zero-order valence-electron chi connectivity index (χ0n) is 16.7. The van der Waals surface area contributed by atoms with Crippen LogP contribution in [0.2, 0.25) is 0 Å². The highest BCUT2D eigenvalue weighted by molar-refractivity contribution is 5.93. The van der Waals surface area contributed by atoms with Gasteiger partial charge in [-0.1, -0.05) is 6.07 Å². The highest BCUT2D eigenvalue weighted by atomic mass is 16.5. The second-order valence-electron chi connectivity index (χ2n) is 6.37. The van der Waals surface area contributed by atoms with Gasteiger partial charge in [-0.05, 0) is 57.9 Å². The Morgan fingerprint density at radius 3 is 2.63 bits per heavy atom. The van der Waals surface area contributed by atoms with Crippen molar-refractivity contribution in [2.24, 2.45) is 0 Å². The van der Waals surface area contributed by atoms with E-state index < -0.39 is 5.97 Å². The summed E-state index contributed by atoms with van der Waals surface area (Å²) in [6, 6.07) is 6.51. The highest BCUT2D eigenvalue weighted by Crippen LogP contribution is 2.15. The normalized spacial score (nSPS) is 10.6. The van der Waals surface area contributed by atoms with Crippen LogP contribution in [0.15, 0.2) is 24.3 Å². The quantitative estimate of drug-likeness (QED) is 0.756. The van der Waals surface area contributed by atoms with Crippen LogP contribution < -0.4 is 5.32 Å². The van der Waals surface area contributed by atoms with Crippen molar-refractivity contribution in [2.45, 2.75) is 40.7 Å². The summed E-state index contributed by atoms with van der Waals surface area (Å²) < 4.78 is 6.96. The van der Waals surface area contributed by atoms with Gasteiger partial charge in [0.2, 0.25) is 0 Å². The Morgan fingerprint density at radius 2 is 2.00 bits per heavy atom. The molecule has 1 aromatic carbocycles. The van der Waals surface area contributed by atoms with Crippen molar-refractivity contribution in [3.05, 3.63) is 46.8 Å². The third-order valence-electron chi connectivity index (χ3n) is 4.50. The van der Waals surface area contributed by atoms with Crippen LogP contribution in [0.4, 0.5) is 10.5 Å². The number of aryl methyl sites for hydroxylation is 2. The summed E-state index contributed by atoms with van der Waals surface area (Å²) in [7, 11) is 1.75. The molecule has 0 bridgehead atoms. The van der Waals surface area contributed by atoms with E-state index in [1.54, 1.807) is 43.1 Å². The van der Waals surface area contributed by atoms with Gasteiger partial charge in [-0.2, -0.15) is 5.10 Å². The van der Waals surface area contributed by atoms with Crippen LogP contribution >= 0.6 is 0 Å². The predicted molar refractivity (Wildman–Crippen MR) is 105 cm³/mol. The number of carbonyl (C=O) groups excluding carboxylic acids is 2. The maximum absolute atomic E-state index is 12.4. The number of amides is 2. The van der Waals surface area contributed by atoms with E-state index in [0.29, 0.717) is 24.4 Å². The summed E-state index contributed by atoms with van der Waals surface area (Å²) in [5, 5.41) is 7.33. The van der Waals surface area contributed by atoms with Crippen LogP contribution in [0, 0.1) is 13.8 Å². The minimum absolute atomic E-state index is 0.228. The number of esters is 1. The number of nitrogens with one attached hydrogen (secondary N) is 1. The number of likely N-dealkylation sites (N-methyl/N-ethyl adjacent to an activating group) is 1. The van der Waals surface area contributed by atoms with Crippen LogP contribution in [0.25, 0.3) is 0 Å².